The lowest BCUT2D eigenvalue weighted by atomic mass is 9.87. The van der Waals surface area contributed by atoms with Crippen LogP contribution in [0, 0.1) is 0 Å². The fraction of sp³-hybridized carbons (Fsp3) is 0.793. The molecule has 2 heteroatoms. The molecule has 0 radical (unpaired) electrons. The molecule has 2 nitrogen and oxygen atoms in total. The maximum absolute atomic E-state index is 10.1. The highest BCUT2D eigenvalue weighted by Gasteiger charge is 2.20. The minimum absolute atomic E-state index is 0.488. The summed E-state index contributed by atoms with van der Waals surface area (Å²) in [5.41, 5.74) is 2.52. The van der Waals surface area contributed by atoms with Gasteiger partial charge in [-0.3, -0.25) is 0 Å². The van der Waals surface area contributed by atoms with Crippen molar-refractivity contribution in [2.75, 3.05) is 6.54 Å². The monoisotopic (exact) mass is 429 g/mol. The van der Waals surface area contributed by atoms with Crippen molar-refractivity contribution in [3.05, 3.63) is 29.3 Å². The van der Waals surface area contributed by atoms with Crippen LogP contribution < -0.4 is 5.32 Å². The lowest BCUT2D eigenvalue weighted by Crippen LogP contribution is -2.35. The Kier molecular flexibility index (Phi) is 14.8. The van der Waals surface area contributed by atoms with E-state index in [0.717, 1.165) is 19.4 Å². The van der Waals surface area contributed by atoms with E-state index in [2.05, 4.69) is 18.3 Å². The summed E-state index contributed by atoms with van der Waals surface area (Å²) in [4.78, 5) is 0. The lowest BCUT2D eigenvalue weighted by Gasteiger charge is -2.26. The fourth-order valence-electron chi connectivity index (χ4n) is 5.10. The SMILES string of the molecule is CCCCCCCCCCCCCCCCCCCNC1CCc2cccc(O)c2C1. The molecule has 0 fully saturated rings. The molecule has 0 spiro atoms. The van der Waals surface area contributed by atoms with E-state index in [-0.39, 0.29) is 0 Å². The van der Waals surface area contributed by atoms with Crippen LogP contribution in [0.15, 0.2) is 18.2 Å². The van der Waals surface area contributed by atoms with Gasteiger partial charge in [-0.25, -0.2) is 0 Å². The smallest absolute Gasteiger partial charge is 0.119 e. The average Bonchev–Trinajstić information content (AvgIpc) is 2.79. The molecule has 1 aromatic rings. The Balaban J connectivity index is 1.30. The van der Waals surface area contributed by atoms with Gasteiger partial charge in [0.15, 0.2) is 0 Å². The quantitative estimate of drug-likeness (QED) is 0.216. The molecule has 0 saturated carbocycles. The number of aromatic hydroxyl groups is 1. The average molecular weight is 430 g/mol. The summed E-state index contributed by atoms with van der Waals surface area (Å²) in [6.45, 7) is 3.43. The van der Waals surface area contributed by atoms with Crippen molar-refractivity contribution in [1.29, 1.82) is 0 Å². The van der Waals surface area contributed by atoms with Crippen molar-refractivity contribution in [2.24, 2.45) is 0 Å². The third-order valence-electron chi connectivity index (χ3n) is 7.17. The van der Waals surface area contributed by atoms with Crippen LogP contribution >= 0.6 is 0 Å². The topological polar surface area (TPSA) is 32.3 Å². The second kappa shape index (κ2) is 17.5. The normalized spacial score (nSPS) is 15.8. The Morgan fingerprint density at radius 3 is 1.81 bits per heavy atom. The van der Waals surface area contributed by atoms with Crippen LogP contribution in [0.2, 0.25) is 0 Å². The number of hydrogen-bond acceptors (Lipinski definition) is 2. The van der Waals surface area contributed by atoms with Crippen LogP contribution in [0.5, 0.6) is 5.75 Å². The number of phenolic OH excluding ortho intramolecular Hbond substituents is 1. The Hall–Kier alpha value is -1.02. The molecule has 1 unspecified atom stereocenters. The summed E-state index contributed by atoms with van der Waals surface area (Å²) in [7, 11) is 0. The maximum atomic E-state index is 10.1. The molecule has 0 aromatic heterocycles. The number of rotatable bonds is 19. The molecule has 31 heavy (non-hydrogen) atoms. The first-order chi connectivity index (χ1) is 15.3. The summed E-state index contributed by atoms with van der Waals surface area (Å²) in [5, 5.41) is 13.8. The third-order valence-corrected chi connectivity index (χ3v) is 7.17. The van der Waals surface area contributed by atoms with Gasteiger partial charge in [-0.1, -0.05) is 122 Å². The largest absolute Gasteiger partial charge is 0.508 e. The van der Waals surface area contributed by atoms with Gasteiger partial charge in [0.1, 0.15) is 5.75 Å². The van der Waals surface area contributed by atoms with Crippen molar-refractivity contribution >= 4 is 0 Å². The van der Waals surface area contributed by atoms with Gasteiger partial charge in [-0.2, -0.15) is 0 Å². The van der Waals surface area contributed by atoms with Crippen LogP contribution in [0.3, 0.4) is 0 Å². The van der Waals surface area contributed by atoms with Crippen molar-refractivity contribution in [3.8, 4) is 5.75 Å². The summed E-state index contributed by atoms with van der Waals surface area (Å²) in [6, 6.07) is 6.51. The van der Waals surface area contributed by atoms with Crippen LogP contribution in [-0.2, 0) is 12.8 Å². The molecule has 178 valence electrons. The number of phenols is 1. The second-order valence-corrected chi connectivity index (χ2v) is 9.97. The van der Waals surface area contributed by atoms with Gasteiger partial charge in [-0.05, 0) is 49.4 Å². The van der Waals surface area contributed by atoms with E-state index in [9.17, 15) is 5.11 Å². The summed E-state index contributed by atoms with van der Waals surface area (Å²) >= 11 is 0. The number of nitrogens with one attached hydrogen (secondary N) is 1. The van der Waals surface area contributed by atoms with Gasteiger partial charge in [0.05, 0.1) is 0 Å². The Morgan fingerprint density at radius 1 is 0.742 bits per heavy atom. The molecule has 0 amide bonds. The van der Waals surface area contributed by atoms with Crippen LogP contribution in [-0.4, -0.2) is 17.7 Å². The lowest BCUT2D eigenvalue weighted by molar-refractivity contribution is 0.421. The first-order valence-electron chi connectivity index (χ1n) is 13.8. The van der Waals surface area contributed by atoms with Crippen LogP contribution in [0.25, 0.3) is 0 Å². The molecule has 0 bridgehead atoms. The highest BCUT2D eigenvalue weighted by molar-refractivity contribution is 5.41. The summed E-state index contributed by atoms with van der Waals surface area (Å²) < 4.78 is 0. The fourth-order valence-corrected chi connectivity index (χ4v) is 5.10. The highest BCUT2D eigenvalue weighted by Crippen LogP contribution is 2.28. The molecule has 1 aliphatic carbocycles. The van der Waals surface area contributed by atoms with Crippen molar-refractivity contribution in [1.82, 2.24) is 5.32 Å². The van der Waals surface area contributed by atoms with Crippen molar-refractivity contribution in [3.63, 3.8) is 0 Å². The van der Waals surface area contributed by atoms with Gasteiger partial charge in [0, 0.05) is 6.04 Å². The molecule has 1 atom stereocenters. The second-order valence-electron chi connectivity index (χ2n) is 9.97. The molecule has 2 N–H and O–H groups in total. The van der Waals surface area contributed by atoms with E-state index >= 15 is 0 Å². The molecule has 0 heterocycles. The zero-order chi connectivity index (χ0) is 22.0. The number of aryl methyl sites for hydroxylation is 1. The van der Waals surface area contributed by atoms with Crippen molar-refractivity contribution < 1.29 is 5.11 Å². The van der Waals surface area contributed by atoms with Crippen LogP contribution in [0.1, 0.15) is 134 Å². The molecule has 2 rings (SSSR count). The molecule has 0 aliphatic heterocycles. The van der Waals surface area contributed by atoms with E-state index in [1.54, 1.807) is 0 Å². The minimum Gasteiger partial charge on any atom is -0.508 e. The van der Waals surface area contributed by atoms with E-state index in [0.29, 0.717) is 11.8 Å². The summed E-state index contributed by atoms with van der Waals surface area (Å²) in [6.07, 6.45) is 27.6. The number of unbranched alkanes of at least 4 members (excludes halogenated alkanes) is 16. The standard InChI is InChI=1S/C29H51NO/c1-2-3-4-5-6-7-8-9-10-11-12-13-14-15-16-17-18-24-30-27-23-22-26-20-19-21-29(31)28(26)25-27/h19-21,27,30-31H,2-18,22-25H2,1H3. The van der Waals surface area contributed by atoms with E-state index in [4.69, 9.17) is 0 Å². The zero-order valence-electron chi connectivity index (χ0n) is 20.6. The predicted molar refractivity (Wildman–Crippen MR) is 136 cm³/mol. The zero-order valence-corrected chi connectivity index (χ0v) is 20.6. The highest BCUT2D eigenvalue weighted by atomic mass is 16.3. The number of hydrogen-bond donors (Lipinski definition) is 2. The predicted octanol–water partition coefficient (Wildman–Crippen LogP) is 8.49. The van der Waals surface area contributed by atoms with E-state index in [1.807, 2.05) is 12.1 Å². The Morgan fingerprint density at radius 2 is 1.26 bits per heavy atom. The van der Waals surface area contributed by atoms with Gasteiger partial charge in [0.2, 0.25) is 0 Å². The molecule has 1 aromatic carbocycles. The maximum Gasteiger partial charge on any atom is 0.119 e. The van der Waals surface area contributed by atoms with E-state index in [1.165, 1.54) is 127 Å². The number of benzene rings is 1. The molecular formula is C29H51NO. The van der Waals surface area contributed by atoms with Gasteiger partial charge in [0.25, 0.3) is 0 Å². The number of fused-ring (bicyclic) bond motifs is 1. The van der Waals surface area contributed by atoms with Crippen molar-refractivity contribution in [2.45, 2.75) is 141 Å². The van der Waals surface area contributed by atoms with Crippen LogP contribution in [0.4, 0.5) is 0 Å². The molecule has 0 saturated heterocycles. The van der Waals surface area contributed by atoms with Gasteiger partial charge >= 0.3 is 0 Å². The molecular weight excluding hydrogens is 378 g/mol. The third kappa shape index (κ3) is 12.0. The van der Waals surface area contributed by atoms with E-state index < -0.39 is 0 Å². The Bertz CT molecular complexity index is 556. The molecule has 1 aliphatic rings. The first-order valence-corrected chi connectivity index (χ1v) is 13.8. The van der Waals surface area contributed by atoms with Gasteiger partial charge < -0.3 is 10.4 Å². The Labute approximate surface area is 193 Å². The summed E-state index contributed by atoms with van der Waals surface area (Å²) in [5.74, 6) is 0.488. The minimum atomic E-state index is 0.488. The van der Waals surface area contributed by atoms with Gasteiger partial charge in [-0.15, -0.1) is 0 Å². The first kappa shape index (κ1) is 26.2.